The van der Waals surface area contributed by atoms with Gasteiger partial charge in [0.25, 0.3) is 0 Å². The van der Waals surface area contributed by atoms with Crippen molar-refractivity contribution in [2.24, 2.45) is 5.10 Å². The fourth-order valence-electron chi connectivity index (χ4n) is 3.02. The highest BCUT2D eigenvalue weighted by molar-refractivity contribution is 5.95. The number of nitrogens with zero attached hydrogens (tertiary/aromatic N) is 4. The zero-order valence-electron chi connectivity index (χ0n) is 13.7. The number of rotatable bonds is 1. The number of hydrogen-bond acceptors (Lipinski definition) is 6. The molecule has 0 saturated heterocycles. The standard InChI is InChI=1S/C16H20N4O4/c1-23-15(21)18-14-11-7-6-10-13(14)17-19(20(18)16(22)24-2)12-8-4-3-5-9-12/h3-5,8-9,14H,6-7,10-11H2,1-2H3/t14-/m0/s1. The van der Waals surface area contributed by atoms with E-state index in [9.17, 15) is 9.59 Å². The molecule has 0 unspecified atom stereocenters. The lowest BCUT2D eigenvalue weighted by Crippen LogP contribution is -2.66. The average molecular weight is 332 g/mol. The summed E-state index contributed by atoms with van der Waals surface area (Å²) >= 11 is 0. The normalized spacial score (nSPS) is 20.2. The number of methoxy groups -OCH3 is 2. The van der Waals surface area contributed by atoms with E-state index in [0.717, 1.165) is 36.5 Å². The van der Waals surface area contributed by atoms with Crippen molar-refractivity contribution in [1.82, 2.24) is 10.1 Å². The van der Waals surface area contributed by atoms with Crippen LogP contribution in [0.2, 0.25) is 0 Å². The Morgan fingerprint density at radius 3 is 2.46 bits per heavy atom. The van der Waals surface area contributed by atoms with Gasteiger partial charge in [-0.15, -0.1) is 5.12 Å². The number of benzene rings is 1. The Labute approximate surface area is 140 Å². The van der Waals surface area contributed by atoms with Gasteiger partial charge in [0, 0.05) is 0 Å². The summed E-state index contributed by atoms with van der Waals surface area (Å²) in [6.45, 7) is 0. The van der Waals surface area contributed by atoms with Crippen molar-refractivity contribution in [1.29, 1.82) is 0 Å². The molecule has 1 aromatic rings. The number of carbonyl (C=O) groups is 2. The van der Waals surface area contributed by atoms with Gasteiger partial charge in [-0.05, 0) is 31.4 Å². The summed E-state index contributed by atoms with van der Waals surface area (Å²) in [5, 5.41) is 8.40. The second-order valence-corrected chi connectivity index (χ2v) is 5.55. The van der Waals surface area contributed by atoms with Crippen LogP contribution in [0.15, 0.2) is 35.4 Å². The molecule has 0 aromatic heterocycles. The van der Waals surface area contributed by atoms with Crippen LogP contribution in [0.3, 0.4) is 0 Å². The molecule has 128 valence electrons. The minimum Gasteiger partial charge on any atom is -0.451 e. The molecule has 1 atom stereocenters. The summed E-state index contributed by atoms with van der Waals surface area (Å²) in [5.74, 6) is 0. The zero-order chi connectivity index (χ0) is 17.1. The Balaban J connectivity index is 2.10. The molecule has 8 nitrogen and oxygen atoms in total. The van der Waals surface area contributed by atoms with E-state index >= 15 is 0 Å². The van der Waals surface area contributed by atoms with Gasteiger partial charge in [-0.2, -0.15) is 10.1 Å². The lowest BCUT2D eigenvalue weighted by Gasteiger charge is -2.46. The monoisotopic (exact) mass is 332 g/mol. The molecular weight excluding hydrogens is 312 g/mol. The van der Waals surface area contributed by atoms with E-state index in [1.165, 1.54) is 24.3 Å². The largest absolute Gasteiger partial charge is 0.451 e. The van der Waals surface area contributed by atoms with Crippen LogP contribution in [-0.2, 0) is 9.47 Å². The predicted octanol–water partition coefficient (Wildman–Crippen LogP) is 2.77. The maximum Gasteiger partial charge on any atom is 0.450 e. The van der Waals surface area contributed by atoms with Gasteiger partial charge < -0.3 is 9.47 Å². The van der Waals surface area contributed by atoms with E-state index in [2.05, 4.69) is 5.10 Å². The zero-order valence-corrected chi connectivity index (χ0v) is 13.7. The number of hydrazone groups is 1. The number of fused-ring (bicyclic) bond motifs is 1. The lowest BCUT2D eigenvalue weighted by molar-refractivity contribution is -0.0398. The van der Waals surface area contributed by atoms with Crippen LogP contribution in [0.25, 0.3) is 0 Å². The van der Waals surface area contributed by atoms with Gasteiger partial charge in [0.2, 0.25) is 0 Å². The number of hydrazine groups is 2. The van der Waals surface area contributed by atoms with Crippen molar-refractivity contribution in [3.63, 3.8) is 0 Å². The Kier molecular flexibility index (Phi) is 4.54. The second-order valence-electron chi connectivity index (χ2n) is 5.55. The molecule has 0 N–H and O–H groups in total. The highest BCUT2D eigenvalue weighted by atomic mass is 16.6. The van der Waals surface area contributed by atoms with Crippen LogP contribution in [0.1, 0.15) is 25.7 Å². The van der Waals surface area contributed by atoms with Crippen LogP contribution in [0.4, 0.5) is 15.3 Å². The van der Waals surface area contributed by atoms with Gasteiger partial charge in [-0.25, -0.2) is 9.59 Å². The van der Waals surface area contributed by atoms with Crippen LogP contribution in [0.5, 0.6) is 0 Å². The van der Waals surface area contributed by atoms with Crippen molar-refractivity contribution in [2.45, 2.75) is 31.7 Å². The summed E-state index contributed by atoms with van der Waals surface area (Å²) in [6.07, 6.45) is 2.13. The SMILES string of the molecule is COC(=O)N1[C@H]2CCCCC2=NN(c2ccccc2)N1C(=O)OC. The molecule has 1 saturated carbocycles. The Morgan fingerprint density at radius 1 is 1.08 bits per heavy atom. The fraction of sp³-hybridized carbons (Fsp3) is 0.438. The van der Waals surface area contributed by atoms with E-state index in [-0.39, 0.29) is 6.04 Å². The number of ether oxygens (including phenoxy) is 2. The van der Waals surface area contributed by atoms with Crippen LogP contribution in [0, 0.1) is 0 Å². The van der Waals surface area contributed by atoms with E-state index in [1.807, 2.05) is 18.2 Å². The summed E-state index contributed by atoms with van der Waals surface area (Å²) in [5.41, 5.74) is 1.50. The molecule has 2 aliphatic rings. The van der Waals surface area contributed by atoms with Crippen molar-refractivity contribution in [3.05, 3.63) is 30.3 Å². The number of para-hydroxylation sites is 1. The maximum absolute atomic E-state index is 12.4. The van der Waals surface area contributed by atoms with Crippen LogP contribution < -0.4 is 5.12 Å². The third-order valence-corrected chi connectivity index (χ3v) is 4.13. The Bertz CT molecular complexity index is 649. The van der Waals surface area contributed by atoms with E-state index < -0.39 is 12.2 Å². The molecule has 1 aliphatic carbocycles. The van der Waals surface area contributed by atoms with Gasteiger partial charge in [0.15, 0.2) is 0 Å². The van der Waals surface area contributed by atoms with Gasteiger partial charge in [-0.1, -0.05) is 29.7 Å². The van der Waals surface area contributed by atoms with Gasteiger partial charge in [-0.3, -0.25) is 0 Å². The summed E-state index contributed by atoms with van der Waals surface area (Å²) in [7, 11) is 2.56. The molecule has 1 aromatic carbocycles. The predicted molar refractivity (Wildman–Crippen MR) is 87.1 cm³/mol. The van der Waals surface area contributed by atoms with Crippen molar-refractivity contribution >= 4 is 23.6 Å². The highest BCUT2D eigenvalue weighted by Crippen LogP contribution is 2.31. The molecule has 24 heavy (non-hydrogen) atoms. The Morgan fingerprint density at radius 2 is 1.79 bits per heavy atom. The minimum absolute atomic E-state index is 0.301. The number of hydrogen-bond donors (Lipinski definition) is 0. The quantitative estimate of drug-likeness (QED) is 0.790. The summed E-state index contributed by atoms with van der Waals surface area (Å²) < 4.78 is 9.78. The second kappa shape index (κ2) is 6.77. The van der Waals surface area contributed by atoms with Crippen LogP contribution in [-0.4, -0.2) is 48.3 Å². The van der Waals surface area contributed by atoms with E-state index in [1.54, 1.807) is 12.1 Å². The average Bonchev–Trinajstić information content (AvgIpc) is 2.65. The first-order valence-corrected chi connectivity index (χ1v) is 7.85. The first-order chi connectivity index (χ1) is 11.7. The van der Waals surface area contributed by atoms with E-state index in [0.29, 0.717) is 5.69 Å². The van der Waals surface area contributed by atoms with Crippen molar-refractivity contribution in [3.8, 4) is 0 Å². The molecule has 0 spiro atoms. The first kappa shape index (κ1) is 16.1. The van der Waals surface area contributed by atoms with Gasteiger partial charge in [0.05, 0.1) is 31.7 Å². The fourth-order valence-corrected chi connectivity index (χ4v) is 3.02. The molecule has 1 heterocycles. The highest BCUT2D eigenvalue weighted by Gasteiger charge is 2.45. The first-order valence-electron chi connectivity index (χ1n) is 7.85. The Hall–Kier alpha value is -2.77. The topological polar surface area (TPSA) is 74.7 Å². The van der Waals surface area contributed by atoms with Crippen molar-refractivity contribution in [2.75, 3.05) is 19.3 Å². The lowest BCUT2D eigenvalue weighted by atomic mass is 9.92. The van der Waals surface area contributed by atoms with Crippen LogP contribution >= 0.6 is 0 Å². The number of carbonyl (C=O) groups excluding carboxylic acids is 2. The van der Waals surface area contributed by atoms with Gasteiger partial charge in [0.1, 0.15) is 0 Å². The molecule has 0 bridgehead atoms. The van der Waals surface area contributed by atoms with Gasteiger partial charge >= 0.3 is 12.2 Å². The molecule has 2 amide bonds. The third kappa shape index (κ3) is 2.75. The third-order valence-electron chi connectivity index (χ3n) is 4.13. The number of anilines is 1. The molecule has 3 rings (SSSR count). The number of amides is 2. The summed E-state index contributed by atoms with van der Waals surface area (Å²) in [4.78, 5) is 24.8. The van der Waals surface area contributed by atoms with Crippen molar-refractivity contribution < 1.29 is 19.1 Å². The minimum atomic E-state index is -0.711. The summed E-state index contributed by atoms with van der Waals surface area (Å²) in [6, 6.07) is 8.84. The smallest absolute Gasteiger partial charge is 0.450 e. The molecule has 1 aliphatic heterocycles. The maximum atomic E-state index is 12.4. The molecule has 8 heteroatoms. The van der Waals surface area contributed by atoms with E-state index in [4.69, 9.17) is 9.47 Å². The molecule has 0 radical (unpaired) electrons. The molecular formula is C16H20N4O4. The molecule has 1 fully saturated rings.